The van der Waals surface area contributed by atoms with Crippen LogP contribution in [0.15, 0.2) is 0 Å². The maximum Gasteiger partial charge on any atom is 0.239 e. The average Bonchev–Trinajstić information content (AvgIpc) is 2.68. The first-order valence-corrected chi connectivity index (χ1v) is 5.67. The van der Waals surface area contributed by atoms with Crippen molar-refractivity contribution in [1.82, 2.24) is 10.2 Å². The molecule has 1 rings (SSSR count). The Kier molecular flexibility index (Phi) is 4.39. The van der Waals surface area contributed by atoms with Gasteiger partial charge in [-0.3, -0.25) is 4.79 Å². The second-order valence-corrected chi connectivity index (χ2v) is 4.24. The van der Waals surface area contributed by atoms with E-state index in [1.807, 2.05) is 11.9 Å². The summed E-state index contributed by atoms with van der Waals surface area (Å²) in [5.41, 5.74) is 0. The molecule has 82 valence electrons. The summed E-state index contributed by atoms with van der Waals surface area (Å²) >= 11 is 0. The van der Waals surface area contributed by atoms with E-state index in [0.29, 0.717) is 6.04 Å². The lowest BCUT2D eigenvalue weighted by Gasteiger charge is -2.27. The fourth-order valence-corrected chi connectivity index (χ4v) is 1.97. The van der Waals surface area contributed by atoms with Crippen molar-refractivity contribution in [3.8, 4) is 0 Å². The van der Waals surface area contributed by atoms with Gasteiger partial charge in [-0.05, 0) is 32.7 Å². The SMILES string of the molecule is CCCC(C)N(C)C(=O)C1CCCN1. The van der Waals surface area contributed by atoms with E-state index < -0.39 is 0 Å². The third-order valence-electron chi connectivity index (χ3n) is 3.07. The molecule has 2 unspecified atom stereocenters. The summed E-state index contributed by atoms with van der Waals surface area (Å²) in [7, 11) is 1.92. The molecule has 3 heteroatoms. The molecule has 1 aliphatic heterocycles. The van der Waals surface area contributed by atoms with Crippen molar-refractivity contribution in [2.75, 3.05) is 13.6 Å². The lowest BCUT2D eigenvalue weighted by atomic mass is 10.1. The second-order valence-electron chi connectivity index (χ2n) is 4.24. The molecule has 1 aliphatic rings. The number of nitrogens with zero attached hydrogens (tertiary/aromatic N) is 1. The van der Waals surface area contributed by atoms with Crippen molar-refractivity contribution in [2.24, 2.45) is 0 Å². The number of hydrogen-bond donors (Lipinski definition) is 1. The van der Waals surface area contributed by atoms with E-state index in [-0.39, 0.29) is 11.9 Å². The van der Waals surface area contributed by atoms with E-state index in [1.165, 1.54) is 0 Å². The van der Waals surface area contributed by atoms with Gasteiger partial charge in [-0.25, -0.2) is 0 Å². The number of carbonyl (C=O) groups is 1. The van der Waals surface area contributed by atoms with Gasteiger partial charge in [0.05, 0.1) is 6.04 Å². The largest absolute Gasteiger partial charge is 0.342 e. The highest BCUT2D eigenvalue weighted by Gasteiger charge is 2.26. The molecule has 1 heterocycles. The number of hydrogen-bond acceptors (Lipinski definition) is 2. The number of nitrogens with one attached hydrogen (secondary N) is 1. The normalized spacial score (nSPS) is 23.5. The van der Waals surface area contributed by atoms with Gasteiger partial charge in [-0.2, -0.15) is 0 Å². The number of likely N-dealkylation sites (N-methyl/N-ethyl adjacent to an activating group) is 1. The van der Waals surface area contributed by atoms with Crippen LogP contribution in [0, 0.1) is 0 Å². The number of carbonyl (C=O) groups excluding carboxylic acids is 1. The minimum absolute atomic E-state index is 0.0827. The highest BCUT2D eigenvalue weighted by atomic mass is 16.2. The molecule has 1 saturated heterocycles. The second kappa shape index (κ2) is 5.35. The molecule has 0 saturated carbocycles. The molecule has 2 atom stereocenters. The van der Waals surface area contributed by atoms with Gasteiger partial charge in [-0.1, -0.05) is 13.3 Å². The molecule has 1 fully saturated rings. The minimum atomic E-state index is 0.0827. The molecule has 0 bridgehead atoms. The lowest BCUT2D eigenvalue weighted by Crippen LogP contribution is -2.45. The Morgan fingerprint density at radius 2 is 2.36 bits per heavy atom. The van der Waals surface area contributed by atoms with Crippen LogP contribution in [0.25, 0.3) is 0 Å². The molecule has 14 heavy (non-hydrogen) atoms. The van der Waals surface area contributed by atoms with Crippen LogP contribution in [0.4, 0.5) is 0 Å². The maximum absolute atomic E-state index is 11.9. The topological polar surface area (TPSA) is 32.3 Å². The van der Waals surface area contributed by atoms with Crippen molar-refractivity contribution in [1.29, 1.82) is 0 Å². The summed E-state index contributed by atoms with van der Waals surface area (Å²) in [6.07, 6.45) is 4.36. The van der Waals surface area contributed by atoms with Gasteiger partial charge in [0.15, 0.2) is 0 Å². The molecule has 0 spiro atoms. The van der Waals surface area contributed by atoms with Crippen molar-refractivity contribution < 1.29 is 4.79 Å². The van der Waals surface area contributed by atoms with Gasteiger partial charge in [0.2, 0.25) is 5.91 Å². The van der Waals surface area contributed by atoms with Crippen LogP contribution in [0.5, 0.6) is 0 Å². The van der Waals surface area contributed by atoms with Crippen LogP contribution in [0.1, 0.15) is 39.5 Å². The summed E-state index contributed by atoms with van der Waals surface area (Å²) in [6.45, 7) is 5.27. The van der Waals surface area contributed by atoms with Crippen molar-refractivity contribution in [3.05, 3.63) is 0 Å². The van der Waals surface area contributed by atoms with E-state index >= 15 is 0 Å². The van der Waals surface area contributed by atoms with Crippen molar-refractivity contribution >= 4 is 5.91 Å². The number of rotatable bonds is 4. The Morgan fingerprint density at radius 3 is 2.86 bits per heavy atom. The van der Waals surface area contributed by atoms with E-state index in [1.54, 1.807) is 0 Å². The zero-order valence-corrected chi connectivity index (χ0v) is 9.55. The summed E-state index contributed by atoms with van der Waals surface area (Å²) in [5, 5.41) is 3.24. The molecule has 0 aromatic rings. The van der Waals surface area contributed by atoms with E-state index in [4.69, 9.17) is 0 Å². The zero-order valence-electron chi connectivity index (χ0n) is 9.55. The average molecular weight is 198 g/mol. The predicted molar refractivity (Wildman–Crippen MR) is 58.2 cm³/mol. The molecule has 0 radical (unpaired) electrons. The third kappa shape index (κ3) is 2.71. The van der Waals surface area contributed by atoms with Crippen LogP contribution in [0.3, 0.4) is 0 Å². The molecule has 1 N–H and O–H groups in total. The van der Waals surface area contributed by atoms with Crippen molar-refractivity contribution in [3.63, 3.8) is 0 Å². The fourth-order valence-electron chi connectivity index (χ4n) is 1.97. The molecular weight excluding hydrogens is 176 g/mol. The molecule has 3 nitrogen and oxygen atoms in total. The van der Waals surface area contributed by atoms with Gasteiger partial charge in [0.25, 0.3) is 0 Å². The van der Waals surface area contributed by atoms with Crippen LogP contribution < -0.4 is 5.32 Å². The van der Waals surface area contributed by atoms with Crippen LogP contribution >= 0.6 is 0 Å². The van der Waals surface area contributed by atoms with Gasteiger partial charge in [0.1, 0.15) is 0 Å². The quantitative estimate of drug-likeness (QED) is 0.740. The Morgan fingerprint density at radius 1 is 1.64 bits per heavy atom. The van der Waals surface area contributed by atoms with Crippen LogP contribution in [0.2, 0.25) is 0 Å². The van der Waals surface area contributed by atoms with E-state index in [0.717, 1.165) is 32.2 Å². The highest BCUT2D eigenvalue weighted by molar-refractivity contribution is 5.82. The standard InChI is InChI=1S/C11H22N2O/c1-4-6-9(2)13(3)11(14)10-7-5-8-12-10/h9-10,12H,4-8H2,1-3H3. The maximum atomic E-state index is 11.9. The first-order chi connectivity index (χ1) is 6.66. The zero-order chi connectivity index (χ0) is 10.6. The van der Waals surface area contributed by atoms with Gasteiger partial charge >= 0.3 is 0 Å². The monoisotopic (exact) mass is 198 g/mol. The number of amides is 1. The van der Waals surface area contributed by atoms with E-state index in [2.05, 4.69) is 19.2 Å². The summed E-state index contributed by atoms with van der Waals surface area (Å²) in [5.74, 6) is 0.267. The molecule has 0 aromatic heterocycles. The molecular formula is C11H22N2O. The third-order valence-corrected chi connectivity index (χ3v) is 3.07. The summed E-state index contributed by atoms with van der Waals surface area (Å²) < 4.78 is 0. The van der Waals surface area contributed by atoms with E-state index in [9.17, 15) is 4.79 Å². The summed E-state index contributed by atoms with van der Waals surface area (Å²) in [6, 6.07) is 0.453. The highest BCUT2D eigenvalue weighted by Crippen LogP contribution is 2.11. The molecule has 0 aromatic carbocycles. The predicted octanol–water partition coefficient (Wildman–Crippen LogP) is 1.39. The minimum Gasteiger partial charge on any atom is -0.342 e. The van der Waals surface area contributed by atoms with Gasteiger partial charge in [0, 0.05) is 13.1 Å². The Labute approximate surface area is 86.9 Å². The van der Waals surface area contributed by atoms with Crippen LogP contribution in [-0.4, -0.2) is 36.5 Å². The van der Waals surface area contributed by atoms with Gasteiger partial charge < -0.3 is 10.2 Å². The fraction of sp³-hybridized carbons (Fsp3) is 0.909. The Bertz CT molecular complexity index is 188. The molecule has 1 amide bonds. The van der Waals surface area contributed by atoms with Crippen molar-refractivity contribution in [2.45, 2.75) is 51.6 Å². The first kappa shape index (κ1) is 11.5. The van der Waals surface area contributed by atoms with Crippen LogP contribution in [-0.2, 0) is 4.79 Å². The lowest BCUT2D eigenvalue weighted by molar-refractivity contribution is -0.133. The first-order valence-electron chi connectivity index (χ1n) is 5.67. The van der Waals surface area contributed by atoms with Gasteiger partial charge in [-0.15, -0.1) is 0 Å². The smallest absolute Gasteiger partial charge is 0.239 e. The Balaban J connectivity index is 2.42. The summed E-state index contributed by atoms with van der Waals surface area (Å²) in [4.78, 5) is 13.8. The molecule has 0 aliphatic carbocycles. The Hall–Kier alpha value is -0.570.